The Bertz CT molecular complexity index is 764. The average Bonchev–Trinajstić information content (AvgIpc) is 2.67. The Morgan fingerprint density at radius 3 is 2.27 bits per heavy atom. The molecule has 0 saturated carbocycles. The molecule has 0 aliphatic heterocycles. The maximum Gasteiger partial charge on any atom is 0.270 e. The minimum absolute atomic E-state index is 0.0605. The molecule has 1 heterocycles. The van der Waals surface area contributed by atoms with Crippen LogP contribution in [-0.4, -0.2) is 22.8 Å². The number of pyridine rings is 1. The summed E-state index contributed by atoms with van der Waals surface area (Å²) in [4.78, 5) is 29.1. The van der Waals surface area contributed by atoms with Crippen LogP contribution in [0.15, 0.2) is 36.5 Å². The minimum Gasteiger partial charge on any atom is -0.348 e. The van der Waals surface area contributed by atoms with Gasteiger partial charge in [0, 0.05) is 23.5 Å². The van der Waals surface area contributed by atoms with Crippen molar-refractivity contribution in [3.63, 3.8) is 0 Å². The SMILES string of the molecule is CCc1cccc(CC)c1NC(=O)c1ccnc(C(=O)NC(C)CC)c1. The van der Waals surface area contributed by atoms with E-state index in [1.165, 1.54) is 12.3 Å². The fourth-order valence-corrected chi connectivity index (χ4v) is 2.68. The molecular formula is C21H27N3O2. The summed E-state index contributed by atoms with van der Waals surface area (Å²) in [7, 11) is 0. The number of amides is 2. The predicted octanol–water partition coefficient (Wildman–Crippen LogP) is 3.99. The minimum atomic E-state index is -0.266. The molecule has 5 nitrogen and oxygen atoms in total. The number of aryl methyl sites for hydroxylation is 2. The molecule has 1 atom stereocenters. The first kappa shape index (κ1) is 19.6. The highest BCUT2D eigenvalue weighted by Crippen LogP contribution is 2.23. The van der Waals surface area contributed by atoms with Crippen LogP contribution in [0.25, 0.3) is 0 Å². The summed E-state index contributed by atoms with van der Waals surface area (Å²) in [5.74, 6) is -0.502. The Hall–Kier alpha value is -2.69. The predicted molar refractivity (Wildman–Crippen MR) is 105 cm³/mol. The lowest BCUT2D eigenvalue weighted by Crippen LogP contribution is -2.32. The Kier molecular flexibility index (Phi) is 6.89. The molecule has 0 bridgehead atoms. The third-order valence-corrected chi connectivity index (χ3v) is 4.48. The van der Waals surface area contributed by atoms with Crippen molar-refractivity contribution >= 4 is 17.5 Å². The van der Waals surface area contributed by atoms with E-state index in [0.29, 0.717) is 5.56 Å². The summed E-state index contributed by atoms with van der Waals surface area (Å²) in [6.45, 7) is 8.06. The topological polar surface area (TPSA) is 71.1 Å². The van der Waals surface area contributed by atoms with E-state index in [1.54, 1.807) is 6.07 Å². The van der Waals surface area contributed by atoms with E-state index in [1.807, 2.05) is 32.0 Å². The van der Waals surface area contributed by atoms with Crippen LogP contribution in [0.4, 0.5) is 5.69 Å². The van der Waals surface area contributed by atoms with Gasteiger partial charge < -0.3 is 10.6 Å². The third kappa shape index (κ3) is 4.69. The number of carbonyl (C=O) groups excluding carboxylic acids is 2. The molecule has 0 spiro atoms. The van der Waals surface area contributed by atoms with Crippen molar-refractivity contribution in [2.75, 3.05) is 5.32 Å². The Morgan fingerprint density at radius 2 is 1.69 bits per heavy atom. The number of anilines is 1. The summed E-state index contributed by atoms with van der Waals surface area (Å²) < 4.78 is 0. The largest absolute Gasteiger partial charge is 0.348 e. The lowest BCUT2D eigenvalue weighted by Gasteiger charge is -2.15. The van der Waals surface area contributed by atoms with Crippen molar-refractivity contribution in [2.45, 2.75) is 53.0 Å². The molecule has 5 heteroatoms. The Labute approximate surface area is 155 Å². The standard InChI is InChI=1S/C21H27N3O2/c1-5-14(4)23-21(26)18-13-17(11-12-22-18)20(25)24-19-15(6-2)9-8-10-16(19)7-3/h8-14H,5-7H2,1-4H3,(H,23,26)(H,24,25). The molecule has 26 heavy (non-hydrogen) atoms. The number of para-hydroxylation sites is 1. The van der Waals surface area contributed by atoms with Crippen LogP contribution in [0.2, 0.25) is 0 Å². The molecule has 0 aliphatic carbocycles. The number of nitrogens with one attached hydrogen (secondary N) is 2. The molecule has 0 saturated heterocycles. The van der Waals surface area contributed by atoms with Gasteiger partial charge in [0.25, 0.3) is 11.8 Å². The fraction of sp³-hybridized carbons (Fsp3) is 0.381. The van der Waals surface area contributed by atoms with E-state index in [9.17, 15) is 9.59 Å². The van der Waals surface area contributed by atoms with Crippen molar-refractivity contribution in [1.29, 1.82) is 0 Å². The molecule has 0 aliphatic rings. The van der Waals surface area contributed by atoms with Crippen LogP contribution < -0.4 is 10.6 Å². The van der Waals surface area contributed by atoms with E-state index in [0.717, 1.165) is 36.1 Å². The number of aromatic nitrogens is 1. The van der Waals surface area contributed by atoms with E-state index < -0.39 is 0 Å². The van der Waals surface area contributed by atoms with Crippen molar-refractivity contribution in [3.8, 4) is 0 Å². The highest BCUT2D eigenvalue weighted by Gasteiger charge is 2.15. The van der Waals surface area contributed by atoms with Gasteiger partial charge in [0.1, 0.15) is 5.69 Å². The highest BCUT2D eigenvalue weighted by molar-refractivity contribution is 6.06. The second-order valence-corrected chi connectivity index (χ2v) is 6.33. The Balaban J connectivity index is 2.24. The monoisotopic (exact) mass is 353 g/mol. The maximum atomic E-state index is 12.7. The van der Waals surface area contributed by atoms with Gasteiger partial charge in [-0.1, -0.05) is 39.0 Å². The van der Waals surface area contributed by atoms with E-state index in [-0.39, 0.29) is 23.6 Å². The van der Waals surface area contributed by atoms with Crippen LogP contribution in [0, 0.1) is 0 Å². The van der Waals surface area contributed by atoms with Crippen LogP contribution in [0.1, 0.15) is 66.1 Å². The van der Waals surface area contributed by atoms with Gasteiger partial charge in [-0.2, -0.15) is 0 Å². The number of hydrogen-bond donors (Lipinski definition) is 2. The zero-order valence-electron chi connectivity index (χ0n) is 15.9. The van der Waals surface area contributed by atoms with E-state index >= 15 is 0 Å². The molecule has 2 rings (SSSR count). The van der Waals surface area contributed by atoms with Crippen LogP contribution in [0.5, 0.6) is 0 Å². The average molecular weight is 353 g/mol. The van der Waals surface area contributed by atoms with Crippen LogP contribution >= 0.6 is 0 Å². The normalized spacial score (nSPS) is 11.7. The Morgan fingerprint density at radius 1 is 1.04 bits per heavy atom. The lowest BCUT2D eigenvalue weighted by atomic mass is 10.0. The fourth-order valence-electron chi connectivity index (χ4n) is 2.68. The lowest BCUT2D eigenvalue weighted by molar-refractivity contribution is 0.0934. The second-order valence-electron chi connectivity index (χ2n) is 6.33. The van der Waals surface area contributed by atoms with Gasteiger partial charge in [0.15, 0.2) is 0 Å². The number of rotatable bonds is 7. The number of nitrogens with zero attached hydrogens (tertiary/aromatic N) is 1. The van der Waals surface area contributed by atoms with Crippen molar-refractivity contribution in [2.24, 2.45) is 0 Å². The van der Waals surface area contributed by atoms with Crippen LogP contribution in [0.3, 0.4) is 0 Å². The zero-order chi connectivity index (χ0) is 19.1. The molecule has 138 valence electrons. The van der Waals surface area contributed by atoms with Crippen molar-refractivity contribution < 1.29 is 9.59 Å². The summed E-state index contributed by atoms with van der Waals surface area (Å²) in [5, 5.41) is 5.88. The summed E-state index contributed by atoms with van der Waals surface area (Å²) in [5.41, 5.74) is 3.73. The summed E-state index contributed by atoms with van der Waals surface area (Å²) >= 11 is 0. The molecule has 0 fully saturated rings. The smallest absolute Gasteiger partial charge is 0.270 e. The molecular weight excluding hydrogens is 326 g/mol. The van der Waals surface area contributed by atoms with Crippen LogP contribution in [-0.2, 0) is 12.8 Å². The van der Waals surface area contributed by atoms with E-state index in [4.69, 9.17) is 0 Å². The maximum absolute atomic E-state index is 12.7. The van der Waals surface area contributed by atoms with Gasteiger partial charge in [0.05, 0.1) is 0 Å². The van der Waals surface area contributed by atoms with Gasteiger partial charge in [-0.25, -0.2) is 0 Å². The van der Waals surface area contributed by atoms with Gasteiger partial charge in [-0.3, -0.25) is 14.6 Å². The first-order valence-corrected chi connectivity index (χ1v) is 9.19. The number of hydrogen-bond acceptors (Lipinski definition) is 3. The third-order valence-electron chi connectivity index (χ3n) is 4.48. The van der Waals surface area contributed by atoms with Crippen molar-refractivity contribution in [3.05, 3.63) is 58.9 Å². The number of carbonyl (C=O) groups is 2. The molecule has 1 aromatic carbocycles. The molecule has 2 N–H and O–H groups in total. The summed E-state index contributed by atoms with van der Waals surface area (Å²) in [6, 6.07) is 9.27. The number of benzene rings is 1. The molecule has 2 aromatic rings. The zero-order valence-corrected chi connectivity index (χ0v) is 15.9. The first-order valence-electron chi connectivity index (χ1n) is 9.19. The van der Waals surface area contributed by atoms with Gasteiger partial charge in [-0.05, 0) is 49.4 Å². The van der Waals surface area contributed by atoms with Gasteiger partial charge in [0.2, 0.25) is 0 Å². The van der Waals surface area contributed by atoms with Crippen molar-refractivity contribution in [1.82, 2.24) is 10.3 Å². The summed E-state index contributed by atoms with van der Waals surface area (Å²) in [6.07, 6.45) is 4.00. The molecule has 1 aromatic heterocycles. The quantitative estimate of drug-likeness (QED) is 0.791. The second kappa shape index (κ2) is 9.13. The highest BCUT2D eigenvalue weighted by atomic mass is 16.2. The molecule has 0 radical (unpaired) electrons. The van der Waals surface area contributed by atoms with E-state index in [2.05, 4.69) is 29.5 Å². The first-order chi connectivity index (χ1) is 12.5. The van der Waals surface area contributed by atoms with Gasteiger partial charge in [-0.15, -0.1) is 0 Å². The van der Waals surface area contributed by atoms with Gasteiger partial charge >= 0.3 is 0 Å². The molecule has 2 amide bonds. The molecule has 1 unspecified atom stereocenters.